The minimum Gasteiger partial charge on any atom is -0.477 e. The third-order valence-corrected chi connectivity index (χ3v) is 6.00. The van der Waals surface area contributed by atoms with E-state index in [1.807, 2.05) is 6.07 Å². The molecule has 0 aliphatic heterocycles. The summed E-state index contributed by atoms with van der Waals surface area (Å²) in [7, 11) is 3.24. The lowest BCUT2D eigenvalue weighted by Crippen LogP contribution is -2.12. The molecular formula is C22H27N7O4S. The second-order valence-electron chi connectivity index (χ2n) is 7.17. The summed E-state index contributed by atoms with van der Waals surface area (Å²) in [5.41, 5.74) is 1.71. The van der Waals surface area contributed by atoms with Crippen LogP contribution in [0.5, 0.6) is 0 Å². The molecule has 0 saturated carbocycles. The van der Waals surface area contributed by atoms with Crippen molar-refractivity contribution in [3.63, 3.8) is 0 Å². The summed E-state index contributed by atoms with van der Waals surface area (Å²) in [5.74, 6) is -0.299. The van der Waals surface area contributed by atoms with E-state index in [9.17, 15) is 20.4 Å². The zero-order chi connectivity index (χ0) is 25.1. The number of carboxylic acids is 1. The van der Waals surface area contributed by atoms with E-state index < -0.39 is 5.97 Å². The van der Waals surface area contributed by atoms with Gasteiger partial charge in [-0.1, -0.05) is 0 Å². The van der Waals surface area contributed by atoms with E-state index in [4.69, 9.17) is 9.47 Å². The van der Waals surface area contributed by atoms with Crippen molar-refractivity contribution in [2.45, 2.75) is 26.7 Å². The van der Waals surface area contributed by atoms with E-state index in [-0.39, 0.29) is 15.4 Å². The second kappa shape index (κ2) is 13.2. The van der Waals surface area contributed by atoms with Crippen molar-refractivity contribution < 1.29 is 19.4 Å². The van der Waals surface area contributed by atoms with Gasteiger partial charge in [0.25, 0.3) is 0 Å². The van der Waals surface area contributed by atoms with E-state index in [1.165, 1.54) is 0 Å². The lowest BCUT2D eigenvalue weighted by molar-refractivity contribution is 0.0701. The normalized spacial score (nSPS) is 10.8. The Labute approximate surface area is 202 Å². The Hall–Kier alpha value is -3.58. The van der Waals surface area contributed by atoms with Crippen molar-refractivity contribution in [3.8, 4) is 12.1 Å². The average Bonchev–Trinajstić information content (AvgIpc) is 3.14. The molecule has 0 aliphatic carbocycles. The van der Waals surface area contributed by atoms with Crippen molar-refractivity contribution in [2.75, 3.05) is 51.2 Å². The Morgan fingerprint density at radius 1 is 1.00 bits per heavy atom. The number of anilines is 2. The van der Waals surface area contributed by atoms with Crippen molar-refractivity contribution in [2.24, 2.45) is 10.2 Å². The van der Waals surface area contributed by atoms with Gasteiger partial charge in [0.1, 0.15) is 28.5 Å². The number of ether oxygens (including phenoxy) is 2. The summed E-state index contributed by atoms with van der Waals surface area (Å²) in [6.45, 7) is 5.54. The number of carboxylic acid groups (broad SMARTS) is 1. The molecule has 0 aromatic carbocycles. The van der Waals surface area contributed by atoms with Crippen LogP contribution in [-0.2, 0) is 9.47 Å². The molecular weight excluding hydrogens is 458 g/mol. The number of carbonyl (C=O) groups is 1. The molecule has 2 aromatic rings. The number of hydrogen-bond acceptors (Lipinski definition) is 11. The molecule has 0 bridgehead atoms. The minimum atomic E-state index is -1.13. The third kappa shape index (κ3) is 6.48. The number of thiophene rings is 1. The Kier molecular flexibility index (Phi) is 10.4. The molecule has 0 amide bonds. The van der Waals surface area contributed by atoms with E-state index in [1.54, 1.807) is 28.1 Å². The number of aromatic nitrogens is 1. The van der Waals surface area contributed by atoms with Gasteiger partial charge < -0.3 is 25.2 Å². The predicted octanol–water partition coefficient (Wildman–Crippen LogP) is 4.51. The molecule has 12 heteroatoms. The van der Waals surface area contributed by atoms with E-state index in [0.29, 0.717) is 60.3 Å². The molecule has 0 unspecified atom stereocenters. The highest BCUT2D eigenvalue weighted by Crippen LogP contribution is 2.39. The van der Waals surface area contributed by atoms with E-state index in [2.05, 4.69) is 31.9 Å². The van der Waals surface area contributed by atoms with Gasteiger partial charge in [-0.3, -0.25) is 0 Å². The molecule has 180 valence electrons. The largest absolute Gasteiger partial charge is 0.477 e. The van der Waals surface area contributed by atoms with Gasteiger partial charge in [0.05, 0.1) is 11.1 Å². The highest BCUT2D eigenvalue weighted by molar-refractivity contribution is 7.18. The summed E-state index contributed by atoms with van der Waals surface area (Å²) in [6.07, 6.45) is 1.45. The number of azo groups is 1. The Bertz CT molecular complexity index is 1130. The summed E-state index contributed by atoms with van der Waals surface area (Å²) in [4.78, 5) is 16.1. The van der Waals surface area contributed by atoms with Crippen LogP contribution in [-0.4, -0.2) is 56.6 Å². The zero-order valence-corrected chi connectivity index (χ0v) is 20.4. The van der Waals surface area contributed by atoms with Crippen LogP contribution in [0.25, 0.3) is 0 Å². The van der Waals surface area contributed by atoms with Crippen LogP contribution >= 0.6 is 11.3 Å². The monoisotopic (exact) mass is 485 g/mol. The first-order chi connectivity index (χ1) is 16.4. The van der Waals surface area contributed by atoms with E-state index in [0.717, 1.165) is 24.2 Å². The lowest BCUT2D eigenvalue weighted by atomic mass is 10.1. The number of hydrogen-bond donors (Lipinski definition) is 3. The van der Waals surface area contributed by atoms with Crippen LogP contribution in [0.4, 0.5) is 22.3 Å². The maximum atomic E-state index is 11.5. The number of nitrogens with one attached hydrogen (secondary N) is 2. The quantitative estimate of drug-likeness (QED) is 0.273. The molecule has 0 fully saturated rings. The van der Waals surface area contributed by atoms with Gasteiger partial charge in [-0.25, -0.2) is 9.78 Å². The van der Waals surface area contributed by atoms with Crippen molar-refractivity contribution >= 4 is 39.6 Å². The molecule has 11 nitrogen and oxygen atoms in total. The Morgan fingerprint density at radius 3 is 2.12 bits per heavy atom. The van der Waals surface area contributed by atoms with E-state index >= 15 is 0 Å². The summed E-state index contributed by atoms with van der Waals surface area (Å²) in [5, 5.41) is 43.6. The number of nitrogens with zero attached hydrogens (tertiary/aromatic N) is 5. The predicted molar refractivity (Wildman–Crippen MR) is 129 cm³/mol. The van der Waals surface area contributed by atoms with Gasteiger partial charge in [-0.2, -0.15) is 10.5 Å². The summed E-state index contributed by atoms with van der Waals surface area (Å²) < 4.78 is 10.1. The van der Waals surface area contributed by atoms with Gasteiger partial charge in [-0.05, 0) is 32.3 Å². The number of aromatic carboxylic acids is 1. The van der Waals surface area contributed by atoms with Gasteiger partial charge in [0.15, 0.2) is 10.8 Å². The fourth-order valence-electron chi connectivity index (χ4n) is 3.05. The molecule has 0 aliphatic rings. The van der Waals surface area contributed by atoms with Crippen LogP contribution in [0.1, 0.15) is 44.8 Å². The smallest absolute Gasteiger partial charge is 0.346 e. The van der Waals surface area contributed by atoms with Crippen molar-refractivity contribution in [3.05, 3.63) is 27.1 Å². The van der Waals surface area contributed by atoms with Crippen LogP contribution in [0.15, 0.2) is 10.2 Å². The maximum absolute atomic E-state index is 11.5. The van der Waals surface area contributed by atoms with Gasteiger partial charge in [-0.15, -0.1) is 21.6 Å². The van der Waals surface area contributed by atoms with Crippen molar-refractivity contribution in [1.82, 2.24) is 4.98 Å². The fraction of sp³-hybridized carbons (Fsp3) is 0.455. The van der Waals surface area contributed by atoms with Crippen LogP contribution < -0.4 is 10.6 Å². The first-order valence-corrected chi connectivity index (χ1v) is 11.3. The molecule has 0 radical (unpaired) electrons. The summed E-state index contributed by atoms with van der Waals surface area (Å²) >= 11 is 0.874. The van der Waals surface area contributed by atoms with Gasteiger partial charge >= 0.3 is 5.97 Å². The topological polar surface area (TPSA) is 165 Å². The minimum absolute atomic E-state index is 0.0339. The molecule has 34 heavy (non-hydrogen) atoms. The molecule has 2 aromatic heterocycles. The summed E-state index contributed by atoms with van der Waals surface area (Å²) in [6, 6.07) is 4.16. The zero-order valence-electron chi connectivity index (χ0n) is 19.6. The van der Waals surface area contributed by atoms with Gasteiger partial charge in [0, 0.05) is 46.1 Å². The maximum Gasteiger partial charge on any atom is 0.346 e. The van der Waals surface area contributed by atoms with Crippen LogP contribution in [0.3, 0.4) is 0 Å². The van der Waals surface area contributed by atoms with Crippen molar-refractivity contribution in [1.29, 1.82) is 10.5 Å². The first kappa shape index (κ1) is 26.7. The Morgan fingerprint density at radius 2 is 1.59 bits per heavy atom. The van der Waals surface area contributed by atoms with Gasteiger partial charge in [0.2, 0.25) is 0 Å². The molecule has 3 N–H and O–H groups in total. The Balaban J connectivity index is 2.50. The number of nitriles is 2. The standard InChI is InChI=1S/C22H27N7O4S/c1-13-15(11-23)19(25-7-5-9-32-3)27-20(26-8-6-10-33-4)17(13)28-29-21-16(12-24)14(2)18(34-21)22(30)31/h5-10H2,1-4H3,(H,30,31)(H2,25,26,27). The first-order valence-electron chi connectivity index (χ1n) is 10.5. The molecule has 0 saturated heterocycles. The SMILES string of the molecule is COCCCNc1nc(NCCCOC)c(N=Nc2sc(C(=O)O)c(C)c2C#N)c(C)c1C#N. The molecule has 2 heterocycles. The number of methoxy groups -OCH3 is 2. The number of rotatable bonds is 13. The highest BCUT2D eigenvalue weighted by atomic mass is 32.1. The second-order valence-corrected chi connectivity index (χ2v) is 8.17. The average molecular weight is 486 g/mol. The third-order valence-electron chi connectivity index (χ3n) is 4.84. The fourth-order valence-corrected chi connectivity index (χ4v) is 3.97. The molecule has 0 spiro atoms. The lowest BCUT2D eigenvalue weighted by Gasteiger charge is -2.15. The molecule has 0 atom stereocenters. The highest BCUT2D eigenvalue weighted by Gasteiger charge is 2.21. The number of pyridine rings is 1. The molecule has 2 rings (SSSR count). The van der Waals surface area contributed by atoms with Crippen LogP contribution in [0, 0.1) is 36.5 Å². The van der Waals surface area contributed by atoms with Crippen LogP contribution in [0.2, 0.25) is 0 Å².